The van der Waals surface area contributed by atoms with Gasteiger partial charge in [-0.1, -0.05) is 0 Å². The Morgan fingerprint density at radius 2 is 2.31 bits per heavy atom. The van der Waals surface area contributed by atoms with Gasteiger partial charge in [-0.2, -0.15) is 0 Å². The number of rotatable bonds is 1. The molecule has 0 saturated carbocycles. The summed E-state index contributed by atoms with van der Waals surface area (Å²) in [6, 6.07) is 1.47. The van der Waals surface area contributed by atoms with Gasteiger partial charge < -0.3 is 9.52 Å². The molecule has 0 amide bonds. The summed E-state index contributed by atoms with van der Waals surface area (Å²) in [5.41, 5.74) is 0.577. The summed E-state index contributed by atoms with van der Waals surface area (Å²) in [6.07, 6.45) is 3.20. The molecule has 0 aromatic carbocycles. The van der Waals surface area contributed by atoms with Gasteiger partial charge in [0.1, 0.15) is 0 Å². The van der Waals surface area contributed by atoms with Gasteiger partial charge in [-0.05, 0) is 22.6 Å². The van der Waals surface area contributed by atoms with E-state index in [0.717, 1.165) is 3.57 Å². The van der Waals surface area contributed by atoms with E-state index in [1.54, 1.807) is 12.4 Å². The molecule has 2 rings (SSSR count). The van der Waals surface area contributed by atoms with Crippen LogP contribution in [-0.2, 0) is 0 Å². The van der Waals surface area contributed by atoms with Crippen LogP contribution in [0.5, 0.6) is 0 Å². The summed E-state index contributed by atoms with van der Waals surface area (Å²) in [6.45, 7) is 0. The van der Waals surface area contributed by atoms with E-state index >= 15 is 0 Å². The normalized spacial score (nSPS) is 10.5. The largest absolute Gasteiger partial charge is 0.475 e. The molecule has 2 aromatic rings. The van der Waals surface area contributed by atoms with Crippen LogP contribution in [0.15, 0.2) is 22.9 Å². The number of aromatic carboxylic acids is 1. The number of hydrogen-bond acceptors (Lipinski definition) is 3. The molecular formula is C8H4INO3. The number of carbonyl (C=O) groups is 1. The molecule has 0 radical (unpaired) electrons. The molecule has 2 heterocycles. The lowest BCUT2D eigenvalue weighted by Crippen LogP contribution is -1.91. The third-order valence-corrected chi connectivity index (χ3v) is 2.36. The number of fused-ring (bicyclic) bond motifs is 1. The lowest BCUT2D eigenvalue weighted by Gasteiger charge is -1.88. The Balaban J connectivity index is 2.75. The van der Waals surface area contributed by atoms with Gasteiger partial charge in [-0.3, -0.25) is 4.98 Å². The molecule has 0 atom stereocenters. The second kappa shape index (κ2) is 2.99. The highest BCUT2D eigenvalue weighted by Gasteiger charge is 2.11. The molecular weight excluding hydrogens is 285 g/mol. The van der Waals surface area contributed by atoms with Gasteiger partial charge in [-0.15, -0.1) is 0 Å². The summed E-state index contributed by atoms with van der Waals surface area (Å²) in [5.74, 6) is -1.12. The highest BCUT2D eigenvalue weighted by atomic mass is 127. The third kappa shape index (κ3) is 1.39. The van der Waals surface area contributed by atoms with Crippen molar-refractivity contribution in [2.24, 2.45) is 0 Å². The van der Waals surface area contributed by atoms with Gasteiger partial charge >= 0.3 is 5.97 Å². The minimum atomic E-state index is -1.06. The van der Waals surface area contributed by atoms with Gasteiger partial charge in [0.05, 0.1) is 3.57 Å². The highest BCUT2D eigenvalue weighted by Crippen LogP contribution is 2.22. The van der Waals surface area contributed by atoms with Gasteiger partial charge in [-0.25, -0.2) is 4.79 Å². The molecule has 0 unspecified atom stereocenters. The molecule has 5 heteroatoms. The van der Waals surface area contributed by atoms with Crippen molar-refractivity contribution in [2.75, 3.05) is 0 Å². The second-order valence-electron chi connectivity index (χ2n) is 2.46. The first kappa shape index (κ1) is 8.49. The smallest absolute Gasteiger partial charge is 0.371 e. The summed E-state index contributed by atoms with van der Waals surface area (Å²) in [7, 11) is 0. The van der Waals surface area contributed by atoms with Crippen LogP contribution in [0.4, 0.5) is 0 Å². The Morgan fingerprint density at radius 3 is 2.92 bits per heavy atom. The predicted molar refractivity (Wildman–Crippen MR) is 53.7 cm³/mol. The van der Waals surface area contributed by atoms with Gasteiger partial charge in [0, 0.05) is 23.8 Å². The zero-order valence-electron chi connectivity index (χ0n) is 6.32. The number of carboxylic acids is 1. The van der Waals surface area contributed by atoms with Crippen LogP contribution < -0.4 is 0 Å². The summed E-state index contributed by atoms with van der Waals surface area (Å²) in [4.78, 5) is 14.5. The van der Waals surface area contributed by atoms with Crippen molar-refractivity contribution in [3.63, 3.8) is 0 Å². The van der Waals surface area contributed by atoms with E-state index in [2.05, 4.69) is 4.98 Å². The summed E-state index contributed by atoms with van der Waals surface area (Å²) in [5, 5.41) is 9.37. The highest BCUT2D eigenvalue weighted by molar-refractivity contribution is 14.1. The number of aromatic nitrogens is 1. The quantitative estimate of drug-likeness (QED) is 0.817. The molecule has 13 heavy (non-hydrogen) atoms. The maximum absolute atomic E-state index is 10.6. The fourth-order valence-electron chi connectivity index (χ4n) is 1.03. The first-order valence-electron chi connectivity index (χ1n) is 3.45. The predicted octanol–water partition coefficient (Wildman–Crippen LogP) is 2.13. The minimum Gasteiger partial charge on any atom is -0.475 e. The van der Waals surface area contributed by atoms with Crippen LogP contribution in [-0.4, -0.2) is 16.1 Å². The fraction of sp³-hybridized carbons (Fsp3) is 0. The molecule has 0 fully saturated rings. The van der Waals surface area contributed by atoms with Crippen LogP contribution >= 0.6 is 22.6 Å². The van der Waals surface area contributed by atoms with E-state index in [1.165, 1.54) is 6.07 Å². The van der Waals surface area contributed by atoms with E-state index < -0.39 is 5.97 Å². The molecule has 0 bridgehead atoms. The molecule has 66 valence electrons. The Hall–Kier alpha value is -1.11. The van der Waals surface area contributed by atoms with Crippen molar-refractivity contribution in [3.05, 3.63) is 27.8 Å². The van der Waals surface area contributed by atoms with E-state index in [-0.39, 0.29) is 5.76 Å². The molecule has 2 aromatic heterocycles. The molecule has 0 spiro atoms. The molecule has 1 N–H and O–H groups in total. The van der Waals surface area contributed by atoms with Crippen LogP contribution in [0, 0.1) is 3.57 Å². The average Bonchev–Trinajstić information content (AvgIpc) is 2.49. The van der Waals surface area contributed by atoms with Crippen molar-refractivity contribution < 1.29 is 14.3 Å². The second-order valence-corrected chi connectivity index (χ2v) is 3.62. The number of carboxylic acid groups (broad SMARTS) is 1. The zero-order chi connectivity index (χ0) is 9.42. The topological polar surface area (TPSA) is 63.3 Å². The van der Waals surface area contributed by atoms with Crippen molar-refractivity contribution in [1.82, 2.24) is 4.98 Å². The molecule has 4 nitrogen and oxygen atoms in total. The average molecular weight is 289 g/mol. The SMILES string of the molecule is O=C(O)c1cc2cncc(I)c2o1. The van der Waals surface area contributed by atoms with Crippen molar-refractivity contribution >= 4 is 39.5 Å². The Kier molecular flexibility index (Phi) is 1.95. The van der Waals surface area contributed by atoms with Crippen LogP contribution in [0.2, 0.25) is 0 Å². The monoisotopic (exact) mass is 289 g/mol. The Morgan fingerprint density at radius 1 is 1.54 bits per heavy atom. The molecule has 0 aliphatic carbocycles. The maximum atomic E-state index is 10.6. The Bertz CT molecular complexity index is 477. The molecule has 0 aliphatic rings. The van der Waals surface area contributed by atoms with Crippen LogP contribution in [0.3, 0.4) is 0 Å². The summed E-state index contributed by atoms with van der Waals surface area (Å²) >= 11 is 2.05. The van der Waals surface area contributed by atoms with Crippen LogP contribution in [0.25, 0.3) is 11.0 Å². The lowest BCUT2D eigenvalue weighted by atomic mass is 10.3. The number of nitrogens with zero attached hydrogens (tertiary/aromatic N) is 1. The van der Waals surface area contributed by atoms with Gasteiger partial charge in [0.15, 0.2) is 5.58 Å². The zero-order valence-corrected chi connectivity index (χ0v) is 8.48. The first-order valence-corrected chi connectivity index (χ1v) is 4.52. The fourth-order valence-corrected chi connectivity index (χ4v) is 1.62. The molecule has 0 saturated heterocycles. The van der Waals surface area contributed by atoms with E-state index in [1.807, 2.05) is 22.6 Å². The number of hydrogen-bond donors (Lipinski definition) is 1. The van der Waals surface area contributed by atoms with Crippen molar-refractivity contribution in [3.8, 4) is 0 Å². The van der Waals surface area contributed by atoms with E-state index in [0.29, 0.717) is 11.0 Å². The van der Waals surface area contributed by atoms with E-state index in [9.17, 15) is 4.79 Å². The van der Waals surface area contributed by atoms with Gasteiger partial charge in [0.2, 0.25) is 5.76 Å². The lowest BCUT2D eigenvalue weighted by molar-refractivity contribution is 0.0665. The third-order valence-electron chi connectivity index (χ3n) is 1.59. The van der Waals surface area contributed by atoms with Crippen molar-refractivity contribution in [1.29, 1.82) is 0 Å². The van der Waals surface area contributed by atoms with Crippen LogP contribution in [0.1, 0.15) is 10.6 Å². The Labute approximate surface area is 86.7 Å². The number of furan rings is 1. The first-order chi connectivity index (χ1) is 6.18. The van der Waals surface area contributed by atoms with E-state index in [4.69, 9.17) is 9.52 Å². The number of halogens is 1. The van der Waals surface area contributed by atoms with Crippen molar-refractivity contribution in [2.45, 2.75) is 0 Å². The van der Waals surface area contributed by atoms with Gasteiger partial charge in [0.25, 0.3) is 0 Å². The minimum absolute atomic E-state index is 0.0547. The maximum Gasteiger partial charge on any atom is 0.371 e. The molecule has 0 aliphatic heterocycles. The standard InChI is InChI=1S/C8H4INO3/c9-5-3-10-2-4-1-6(8(11)12)13-7(4)5/h1-3H,(H,11,12). The number of pyridine rings is 1. The summed E-state index contributed by atoms with van der Waals surface area (Å²) < 4.78 is 5.92.